The van der Waals surface area contributed by atoms with Crippen molar-refractivity contribution in [1.29, 1.82) is 0 Å². The lowest BCUT2D eigenvalue weighted by Crippen LogP contribution is -2.16. The highest BCUT2D eigenvalue weighted by Crippen LogP contribution is 2.51. The van der Waals surface area contributed by atoms with Crippen LogP contribution in [0.5, 0.6) is 0 Å². The molecule has 0 fully saturated rings. The molecular weight excluding hydrogens is 661 g/mol. The molecule has 0 radical (unpaired) electrons. The number of para-hydroxylation sites is 1. The fourth-order valence-electron chi connectivity index (χ4n) is 8.80. The van der Waals surface area contributed by atoms with Gasteiger partial charge >= 0.3 is 0 Å². The van der Waals surface area contributed by atoms with Gasteiger partial charge in [-0.3, -0.25) is 0 Å². The van der Waals surface area contributed by atoms with Crippen molar-refractivity contribution >= 4 is 81.0 Å². The molecule has 0 saturated carbocycles. The Morgan fingerprint density at radius 1 is 0.491 bits per heavy atom. The standard InChI is InChI=1S/C50H34N2S/c1-50(2)43-16-8-5-13-37(43)38-26-25-36(30-44(38)50)52(35-24-19-31-11-3-4-12-33(31)29-35)34-22-20-32(21-23-34)48-42-28-27-40-39-14-7-10-18-46(39)53-49(40)47(42)41-15-6-9-17-45(41)51-48/h3-30H,1-2H3. The first-order valence-electron chi connectivity index (χ1n) is 18.3. The fourth-order valence-corrected chi connectivity index (χ4v) is 10.1. The predicted octanol–water partition coefficient (Wildman–Crippen LogP) is 14.4. The van der Waals surface area contributed by atoms with Crippen LogP contribution in [-0.4, -0.2) is 4.98 Å². The Bertz CT molecular complexity index is 3100. The van der Waals surface area contributed by atoms with Gasteiger partial charge in [-0.25, -0.2) is 4.98 Å². The van der Waals surface area contributed by atoms with E-state index in [4.69, 9.17) is 4.98 Å². The molecule has 0 amide bonds. The number of nitrogens with zero attached hydrogens (tertiary/aromatic N) is 2. The Morgan fingerprint density at radius 3 is 2.04 bits per heavy atom. The molecule has 0 bridgehead atoms. The van der Waals surface area contributed by atoms with Crippen molar-refractivity contribution in [3.8, 4) is 22.4 Å². The molecule has 0 spiro atoms. The molecule has 10 aromatic rings. The van der Waals surface area contributed by atoms with Crippen LogP contribution < -0.4 is 4.90 Å². The lowest BCUT2D eigenvalue weighted by Gasteiger charge is -2.28. The molecule has 0 atom stereocenters. The zero-order valence-electron chi connectivity index (χ0n) is 29.5. The summed E-state index contributed by atoms with van der Waals surface area (Å²) in [7, 11) is 0. The van der Waals surface area contributed by atoms with Crippen molar-refractivity contribution < 1.29 is 0 Å². The first-order chi connectivity index (χ1) is 26.0. The quantitative estimate of drug-likeness (QED) is 0.171. The van der Waals surface area contributed by atoms with E-state index in [0.717, 1.165) is 33.8 Å². The second-order valence-corrected chi connectivity index (χ2v) is 15.8. The Balaban J connectivity index is 1.09. The summed E-state index contributed by atoms with van der Waals surface area (Å²) in [6, 6.07) is 62.2. The normalized spacial score (nSPS) is 13.2. The molecule has 8 aromatic carbocycles. The second kappa shape index (κ2) is 11.4. The number of benzene rings is 8. The maximum Gasteiger partial charge on any atom is 0.0788 e. The van der Waals surface area contributed by atoms with Gasteiger partial charge in [-0.15, -0.1) is 11.3 Å². The van der Waals surface area contributed by atoms with Crippen molar-refractivity contribution in [2.75, 3.05) is 4.90 Å². The van der Waals surface area contributed by atoms with Crippen LogP contribution in [0.25, 0.3) is 75.0 Å². The van der Waals surface area contributed by atoms with E-state index in [9.17, 15) is 0 Å². The van der Waals surface area contributed by atoms with Crippen molar-refractivity contribution in [2.45, 2.75) is 19.3 Å². The maximum atomic E-state index is 5.33. The summed E-state index contributed by atoms with van der Waals surface area (Å²) in [5.41, 5.74) is 11.8. The molecule has 1 aliphatic rings. The van der Waals surface area contributed by atoms with E-state index in [1.807, 2.05) is 11.3 Å². The summed E-state index contributed by atoms with van der Waals surface area (Å²) in [5.74, 6) is 0. The largest absolute Gasteiger partial charge is 0.310 e. The molecule has 1 aliphatic carbocycles. The summed E-state index contributed by atoms with van der Waals surface area (Å²) in [6.07, 6.45) is 0. The lowest BCUT2D eigenvalue weighted by molar-refractivity contribution is 0.660. The Kier molecular flexibility index (Phi) is 6.50. The van der Waals surface area contributed by atoms with Gasteiger partial charge in [0.1, 0.15) is 0 Å². The first-order valence-corrected chi connectivity index (χ1v) is 19.1. The summed E-state index contributed by atoms with van der Waals surface area (Å²) in [6.45, 7) is 4.70. The van der Waals surface area contributed by atoms with E-state index in [0.29, 0.717) is 0 Å². The van der Waals surface area contributed by atoms with Gasteiger partial charge in [0.2, 0.25) is 0 Å². The average Bonchev–Trinajstić information content (AvgIpc) is 3.70. The zero-order valence-corrected chi connectivity index (χ0v) is 30.3. The Morgan fingerprint density at radius 2 is 1.15 bits per heavy atom. The second-order valence-electron chi connectivity index (χ2n) is 14.8. The van der Waals surface area contributed by atoms with Crippen molar-refractivity contribution in [2.24, 2.45) is 0 Å². The minimum absolute atomic E-state index is 0.0938. The van der Waals surface area contributed by atoms with Crippen molar-refractivity contribution in [3.63, 3.8) is 0 Å². The van der Waals surface area contributed by atoms with Gasteiger partial charge < -0.3 is 4.90 Å². The molecule has 250 valence electrons. The molecule has 3 heteroatoms. The van der Waals surface area contributed by atoms with Crippen LogP contribution >= 0.6 is 11.3 Å². The van der Waals surface area contributed by atoms with Crippen LogP contribution in [0.3, 0.4) is 0 Å². The minimum atomic E-state index is -0.0938. The first kappa shape index (κ1) is 30.3. The summed E-state index contributed by atoms with van der Waals surface area (Å²) in [4.78, 5) is 7.73. The lowest BCUT2D eigenvalue weighted by atomic mass is 9.82. The SMILES string of the molecule is CC1(C)c2ccccc2-c2ccc(N(c3ccc(-c4nc5ccccc5c5c4ccc4c6ccccc6sc45)cc3)c3ccc4ccccc4c3)cc21. The van der Waals surface area contributed by atoms with Crippen LogP contribution in [0.1, 0.15) is 25.0 Å². The summed E-state index contributed by atoms with van der Waals surface area (Å²) < 4.78 is 2.64. The van der Waals surface area contributed by atoms with E-state index >= 15 is 0 Å². The highest BCUT2D eigenvalue weighted by atomic mass is 32.1. The molecule has 11 rings (SSSR count). The van der Waals surface area contributed by atoms with E-state index in [1.54, 1.807) is 0 Å². The monoisotopic (exact) mass is 694 g/mol. The minimum Gasteiger partial charge on any atom is -0.310 e. The van der Waals surface area contributed by atoms with E-state index in [1.165, 1.54) is 69.4 Å². The highest BCUT2D eigenvalue weighted by Gasteiger charge is 2.35. The van der Waals surface area contributed by atoms with Crippen LogP contribution in [0.2, 0.25) is 0 Å². The molecule has 2 aromatic heterocycles. The maximum absolute atomic E-state index is 5.33. The van der Waals surface area contributed by atoms with Gasteiger partial charge in [-0.1, -0.05) is 135 Å². The smallest absolute Gasteiger partial charge is 0.0788 e. The van der Waals surface area contributed by atoms with Crippen LogP contribution in [0, 0.1) is 0 Å². The number of hydrogen-bond acceptors (Lipinski definition) is 3. The molecule has 0 N–H and O–H groups in total. The number of fused-ring (bicyclic) bond motifs is 11. The molecule has 0 aliphatic heterocycles. The van der Waals surface area contributed by atoms with E-state index < -0.39 is 0 Å². The van der Waals surface area contributed by atoms with Gasteiger partial charge in [0.25, 0.3) is 0 Å². The third-order valence-corrected chi connectivity index (χ3v) is 12.6. The number of thiophene rings is 1. The summed E-state index contributed by atoms with van der Waals surface area (Å²) in [5, 5.41) is 8.75. The predicted molar refractivity (Wildman–Crippen MR) is 227 cm³/mol. The van der Waals surface area contributed by atoms with Crippen molar-refractivity contribution in [3.05, 3.63) is 181 Å². The molecule has 53 heavy (non-hydrogen) atoms. The van der Waals surface area contributed by atoms with E-state index in [2.05, 4.69) is 189 Å². The molecule has 2 nitrogen and oxygen atoms in total. The zero-order chi connectivity index (χ0) is 35.3. The molecule has 2 heterocycles. The average molecular weight is 695 g/mol. The van der Waals surface area contributed by atoms with Crippen LogP contribution in [0.4, 0.5) is 17.1 Å². The van der Waals surface area contributed by atoms with Crippen LogP contribution in [-0.2, 0) is 5.41 Å². The summed E-state index contributed by atoms with van der Waals surface area (Å²) >= 11 is 1.88. The fraction of sp³-hybridized carbons (Fsp3) is 0.0600. The van der Waals surface area contributed by atoms with Crippen molar-refractivity contribution in [1.82, 2.24) is 4.98 Å². The highest BCUT2D eigenvalue weighted by molar-refractivity contribution is 7.26. The molecular formula is C50H34N2S. The number of hydrogen-bond donors (Lipinski definition) is 0. The third-order valence-electron chi connectivity index (χ3n) is 11.4. The number of rotatable bonds is 4. The third kappa shape index (κ3) is 4.54. The van der Waals surface area contributed by atoms with Gasteiger partial charge in [0, 0.05) is 64.4 Å². The van der Waals surface area contributed by atoms with Crippen LogP contribution in [0.15, 0.2) is 170 Å². The Labute approximate surface area is 312 Å². The molecule has 0 unspecified atom stereocenters. The topological polar surface area (TPSA) is 16.1 Å². The van der Waals surface area contributed by atoms with Gasteiger partial charge in [0.05, 0.1) is 11.2 Å². The van der Waals surface area contributed by atoms with Gasteiger partial charge in [-0.05, 0) is 81.6 Å². The number of aromatic nitrogens is 1. The van der Waals surface area contributed by atoms with E-state index in [-0.39, 0.29) is 5.41 Å². The Hall–Kier alpha value is -6.29. The van der Waals surface area contributed by atoms with Gasteiger partial charge in [0.15, 0.2) is 0 Å². The number of anilines is 3. The van der Waals surface area contributed by atoms with Gasteiger partial charge in [-0.2, -0.15) is 0 Å². The number of pyridine rings is 1. The molecule has 0 saturated heterocycles.